The molecule has 0 bridgehead atoms. The molecule has 0 fully saturated rings. The molecule has 0 aliphatic rings. The van der Waals surface area contributed by atoms with Crippen LogP contribution in [0.4, 0.5) is 0 Å². The second-order valence-corrected chi connectivity index (χ2v) is 6.02. The lowest BCUT2D eigenvalue weighted by Crippen LogP contribution is -2.20. The Labute approximate surface area is 124 Å². The van der Waals surface area contributed by atoms with Gasteiger partial charge in [-0.05, 0) is 24.3 Å². The summed E-state index contributed by atoms with van der Waals surface area (Å²) in [6.07, 6.45) is 0. The van der Waals surface area contributed by atoms with E-state index in [-0.39, 0.29) is 11.5 Å². The molecule has 0 atom stereocenters. The molecule has 2 aromatic carbocycles. The molecule has 4 nitrogen and oxygen atoms in total. The number of para-hydroxylation sites is 1. The van der Waals surface area contributed by atoms with E-state index < -0.39 is 0 Å². The third-order valence-electron chi connectivity index (χ3n) is 3.59. The van der Waals surface area contributed by atoms with Gasteiger partial charge in [0.1, 0.15) is 4.70 Å². The van der Waals surface area contributed by atoms with Crippen LogP contribution in [-0.2, 0) is 6.54 Å². The number of hydrogen-bond acceptors (Lipinski definition) is 3. The van der Waals surface area contributed by atoms with Crippen LogP contribution in [0.3, 0.4) is 0 Å². The van der Waals surface area contributed by atoms with Crippen LogP contribution in [0.25, 0.3) is 25.9 Å². The van der Waals surface area contributed by atoms with E-state index in [4.69, 9.17) is 0 Å². The molecule has 2 heterocycles. The zero-order chi connectivity index (χ0) is 14.4. The van der Waals surface area contributed by atoms with Gasteiger partial charge in [-0.2, -0.15) is 0 Å². The second-order valence-electron chi connectivity index (χ2n) is 4.96. The van der Waals surface area contributed by atoms with E-state index in [2.05, 4.69) is 22.6 Å². The van der Waals surface area contributed by atoms with Crippen molar-refractivity contribution in [1.29, 1.82) is 0 Å². The molecule has 0 saturated heterocycles. The summed E-state index contributed by atoms with van der Waals surface area (Å²) in [5, 5.41) is 11.7. The molecule has 4 rings (SSSR count). The Kier molecular flexibility index (Phi) is 2.62. The highest BCUT2D eigenvalue weighted by molar-refractivity contribution is 7.23. The van der Waals surface area contributed by atoms with Crippen LogP contribution in [0.5, 0.6) is 0 Å². The standard InChI is InChI=1S/C16H11N2O2S/c19-17(20)10-11-5-7-13-12(9-11)6-8-16-18(13)14-3-1-2-4-15(14)21-16/h1-9H,10H2/q+1. The maximum Gasteiger partial charge on any atom is 0.268 e. The third-order valence-corrected chi connectivity index (χ3v) is 4.68. The Morgan fingerprint density at radius 1 is 1.05 bits per heavy atom. The van der Waals surface area contributed by atoms with E-state index in [1.807, 2.05) is 36.4 Å². The Bertz CT molecular complexity index is 1010. The van der Waals surface area contributed by atoms with Crippen LogP contribution in [0.2, 0.25) is 0 Å². The summed E-state index contributed by atoms with van der Waals surface area (Å²) in [5.74, 6) is 0. The SMILES string of the molecule is O=[N+]([O-])Cc1ccc2c(ccc3sc4ccccc4[n+]32)c1. The van der Waals surface area contributed by atoms with E-state index in [0.717, 1.165) is 16.5 Å². The lowest BCUT2D eigenvalue weighted by atomic mass is 10.1. The van der Waals surface area contributed by atoms with Crippen molar-refractivity contribution < 1.29 is 9.32 Å². The fraction of sp³-hybridized carbons (Fsp3) is 0.0625. The summed E-state index contributed by atoms with van der Waals surface area (Å²) in [6, 6.07) is 18.1. The molecule has 0 aliphatic carbocycles. The van der Waals surface area contributed by atoms with E-state index in [1.165, 1.54) is 15.0 Å². The predicted octanol–water partition coefficient (Wildman–Crippen LogP) is 3.57. The quantitative estimate of drug-likeness (QED) is 0.322. The monoisotopic (exact) mass is 295 g/mol. The average molecular weight is 295 g/mol. The first kappa shape index (κ1) is 12.2. The summed E-state index contributed by atoms with van der Waals surface area (Å²) in [7, 11) is 0. The van der Waals surface area contributed by atoms with Crippen molar-refractivity contribution in [3.05, 3.63) is 70.3 Å². The molecule has 21 heavy (non-hydrogen) atoms. The molecule has 0 N–H and O–H groups in total. The summed E-state index contributed by atoms with van der Waals surface area (Å²) in [6.45, 7) is -0.136. The molecule has 5 heteroatoms. The topological polar surface area (TPSA) is 47.2 Å². The molecule has 0 amide bonds. The molecule has 4 aromatic rings. The first-order chi connectivity index (χ1) is 10.2. The van der Waals surface area contributed by atoms with Gasteiger partial charge in [0.25, 0.3) is 4.83 Å². The number of fused-ring (bicyclic) bond motifs is 5. The highest BCUT2D eigenvalue weighted by Gasteiger charge is 2.17. The van der Waals surface area contributed by atoms with Crippen molar-refractivity contribution in [2.75, 3.05) is 0 Å². The van der Waals surface area contributed by atoms with Crippen LogP contribution in [0.15, 0.2) is 54.6 Å². The lowest BCUT2D eigenvalue weighted by Gasteiger charge is -1.98. The Morgan fingerprint density at radius 2 is 1.90 bits per heavy atom. The molecule has 0 radical (unpaired) electrons. The predicted molar refractivity (Wildman–Crippen MR) is 83.2 cm³/mol. The van der Waals surface area contributed by atoms with Gasteiger partial charge in [-0.25, -0.2) is 0 Å². The highest BCUT2D eigenvalue weighted by Crippen LogP contribution is 2.24. The van der Waals surface area contributed by atoms with Gasteiger partial charge in [-0.1, -0.05) is 23.5 Å². The Balaban J connectivity index is 2.06. The fourth-order valence-corrected chi connectivity index (χ4v) is 3.77. The zero-order valence-corrected chi connectivity index (χ0v) is 11.8. The van der Waals surface area contributed by atoms with Gasteiger partial charge in [-0.15, -0.1) is 4.40 Å². The molecule has 102 valence electrons. The van der Waals surface area contributed by atoms with Crippen LogP contribution < -0.4 is 4.40 Å². The molecule has 2 aromatic heterocycles. The van der Waals surface area contributed by atoms with Gasteiger partial charge < -0.3 is 0 Å². The van der Waals surface area contributed by atoms with Gasteiger partial charge in [0.05, 0.1) is 0 Å². The van der Waals surface area contributed by atoms with Crippen molar-refractivity contribution in [3.8, 4) is 0 Å². The first-order valence-corrected chi connectivity index (χ1v) is 7.41. The minimum Gasteiger partial charge on any atom is -0.264 e. The van der Waals surface area contributed by atoms with E-state index in [0.29, 0.717) is 0 Å². The number of rotatable bonds is 2. The van der Waals surface area contributed by atoms with E-state index in [1.54, 1.807) is 11.3 Å². The Hall–Kier alpha value is -2.53. The summed E-state index contributed by atoms with van der Waals surface area (Å²) >= 11 is 1.75. The Morgan fingerprint density at radius 3 is 2.76 bits per heavy atom. The molecule has 0 unspecified atom stereocenters. The summed E-state index contributed by atoms with van der Waals surface area (Å²) in [5.41, 5.74) is 2.98. The number of nitrogens with zero attached hydrogens (tertiary/aromatic N) is 2. The number of pyridine rings is 1. The maximum absolute atomic E-state index is 10.7. The summed E-state index contributed by atoms with van der Waals surface area (Å²) < 4.78 is 3.45. The lowest BCUT2D eigenvalue weighted by molar-refractivity contribution is -0.496. The number of aromatic nitrogens is 1. The third kappa shape index (κ3) is 1.94. The van der Waals surface area contributed by atoms with Crippen LogP contribution >= 0.6 is 11.3 Å². The van der Waals surface area contributed by atoms with Crippen LogP contribution in [0, 0.1) is 10.1 Å². The number of hydrogen-bond donors (Lipinski definition) is 0. The number of benzene rings is 2. The van der Waals surface area contributed by atoms with Gasteiger partial charge in [-0.3, -0.25) is 10.1 Å². The highest BCUT2D eigenvalue weighted by atomic mass is 32.1. The summed E-state index contributed by atoms with van der Waals surface area (Å²) in [4.78, 5) is 11.5. The van der Waals surface area contributed by atoms with Crippen LogP contribution in [-0.4, -0.2) is 4.92 Å². The van der Waals surface area contributed by atoms with E-state index in [9.17, 15) is 10.1 Å². The number of thiazole rings is 1. The molecule has 0 saturated carbocycles. The molecule has 0 spiro atoms. The van der Waals surface area contributed by atoms with Crippen molar-refractivity contribution in [1.82, 2.24) is 0 Å². The van der Waals surface area contributed by atoms with Crippen molar-refractivity contribution in [3.63, 3.8) is 0 Å². The van der Waals surface area contributed by atoms with Crippen LogP contribution in [0.1, 0.15) is 5.56 Å². The average Bonchev–Trinajstić information content (AvgIpc) is 2.85. The van der Waals surface area contributed by atoms with Gasteiger partial charge in [0.2, 0.25) is 17.6 Å². The maximum atomic E-state index is 10.7. The molecule has 0 aliphatic heterocycles. The minimum absolute atomic E-state index is 0.136. The van der Waals surface area contributed by atoms with Gasteiger partial charge in [0.15, 0.2) is 0 Å². The smallest absolute Gasteiger partial charge is 0.264 e. The largest absolute Gasteiger partial charge is 0.268 e. The molecular formula is C16H11N2O2S+. The van der Waals surface area contributed by atoms with Crippen molar-refractivity contribution >= 4 is 37.3 Å². The number of nitro groups is 1. The van der Waals surface area contributed by atoms with Crippen molar-refractivity contribution in [2.45, 2.75) is 6.54 Å². The fourth-order valence-electron chi connectivity index (χ4n) is 2.71. The second kappa shape index (κ2) is 4.49. The normalized spacial score (nSPS) is 11.4. The first-order valence-electron chi connectivity index (χ1n) is 6.59. The van der Waals surface area contributed by atoms with Gasteiger partial charge >= 0.3 is 0 Å². The zero-order valence-electron chi connectivity index (χ0n) is 11.0. The van der Waals surface area contributed by atoms with E-state index >= 15 is 0 Å². The van der Waals surface area contributed by atoms with Crippen molar-refractivity contribution in [2.24, 2.45) is 0 Å². The molecular weight excluding hydrogens is 284 g/mol. The van der Waals surface area contributed by atoms with Gasteiger partial charge in [0, 0.05) is 34.1 Å². The minimum atomic E-state index is -0.299.